The SMILES string of the molecule is CCCC1CCc2cc(OCc3ccccc3)ccc2C1=O. The molecule has 2 heteroatoms. The Balaban J connectivity index is 1.71. The molecule has 0 radical (unpaired) electrons. The fraction of sp³-hybridized carbons (Fsp3) is 0.350. The highest BCUT2D eigenvalue weighted by Gasteiger charge is 2.26. The zero-order valence-corrected chi connectivity index (χ0v) is 13.0. The van der Waals surface area contributed by atoms with E-state index < -0.39 is 0 Å². The van der Waals surface area contributed by atoms with Gasteiger partial charge < -0.3 is 4.74 Å². The molecule has 0 N–H and O–H groups in total. The molecular weight excluding hydrogens is 272 g/mol. The van der Waals surface area contributed by atoms with Gasteiger partial charge in [0, 0.05) is 11.5 Å². The molecule has 1 aliphatic rings. The summed E-state index contributed by atoms with van der Waals surface area (Å²) in [4.78, 5) is 12.5. The van der Waals surface area contributed by atoms with Crippen molar-refractivity contribution in [1.82, 2.24) is 0 Å². The second-order valence-electron chi connectivity index (χ2n) is 5.98. The van der Waals surface area contributed by atoms with Crippen LogP contribution < -0.4 is 4.74 Å². The fourth-order valence-electron chi connectivity index (χ4n) is 3.15. The Hall–Kier alpha value is -2.09. The molecule has 22 heavy (non-hydrogen) atoms. The van der Waals surface area contributed by atoms with Crippen LogP contribution >= 0.6 is 0 Å². The zero-order valence-electron chi connectivity index (χ0n) is 13.0. The van der Waals surface area contributed by atoms with Gasteiger partial charge in [-0.3, -0.25) is 4.79 Å². The van der Waals surface area contributed by atoms with E-state index in [9.17, 15) is 4.79 Å². The molecule has 2 aromatic carbocycles. The summed E-state index contributed by atoms with van der Waals surface area (Å²) in [6.45, 7) is 2.70. The Kier molecular flexibility index (Phi) is 4.57. The Morgan fingerprint density at radius 1 is 1.14 bits per heavy atom. The summed E-state index contributed by atoms with van der Waals surface area (Å²) in [6, 6.07) is 16.0. The van der Waals surface area contributed by atoms with Gasteiger partial charge in [-0.15, -0.1) is 0 Å². The number of hydrogen-bond acceptors (Lipinski definition) is 2. The van der Waals surface area contributed by atoms with Crippen LogP contribution in [-0.2, 0) is 13.0 Å². The van der Waals surface area contributed by atoms with Crippen LogP contribution in [0.25, 0.3) is 0 Å². The minimum absolute atomic E-state index is 0.216. The molecule has 0 aromatic heterocycles. The molecule has 3 rings (SSSR count). The van der Waals surface area contributed by atoms with Crippen LogP contribution in [0.4, 0.5) is 0 Å². The van der Waals surface area contributed by atoms with Crippen LogP contribution in [-0.4, -0.2) is 5.78 Å². The maximum absolute atomic E-state index is 12.5. The summed E-state index contributed by atoms with van der Waals surface area (Å²) < 4.78 is 5.86. The van der Waals surface area contributed by atoms with Crippen LogP contribution in [0, 0.1) is 5.92 Å². The van der Waals surface area contributed by atoms with Crippen molar-refractivity contribution in [3.05, 3.63) is 65.2 Å². The lowest BCUT2D eigenvalue weighted by Crippen LogP contribution is -2.22. The van der Waals surface area contributed by atoms with Gasteiger partial charge in [0.15, 0.2) is 5.78 Å². The van der Waals surface area contributed by atoms with E-state index in [1.807, 2.05) is 36.4 Å². The highest BCUT2D eigenvalue weighted by Crippen LogP contribution is 2.31. The van der Waals surface area contributed by atoms with Gasteiger partial charge in [0.2, 0.25) is 0 Å². The van der Waals surface area contributed by atoms with Crippen molar-refractivity contribution >= 4 is 5.78 Å². The van der Waals surface area contributed by atoms with Crippen LogP contribution in [0.5, 0.6) is 5.75 Å². The van der Waals surface area contributed by atoms with Crippen LogP contribution in [0.1, 0.15) is 47.7 Å². The average molecular weight is 294 g/mol. The first-order valence-electron chi connectivity index (χ1n) is 8.12. The van der Waals surface area contributed by atoms with Crippen molar-refractivity contribution in [2.24, 2.45) is 5.92 Å². The van der Waals surface area contributed by atoms with Crippen LogP contribution in [0.15, 0.2) is 48.5 Å². The van der Waals surface area contributed by atoms with Gasteiger partial charge in [-0.05, 0) is 48.6 Å². The molecule has 1 aliphatic carbocycles. The predicted octanol–water partition coefficient (Wildman–Crippen LogP) is 4.81. The molecule has 1 unspecified atom stereocenters. The third kappa shape index (κ3) is 3.22. The molecule has 0 saturated carbocycles. The van der Waals surface area contributed by atoms with Gasteiger partial charge >= 0.3 is 0 Å². The highest BCUT2D eigenvalue weighted by molar-refractivity contribution is 6.00. The minimum Gasteiger partial charge on any atom is -0.489 e. The number of rotatable bonds is 5. The quantitative estimate of drug-likeness (QED) is 0.791. The molecule has 0 spiro atoms. The third-order valence-electron chi connectivity index (χ3n) is 4.36. The van der Waals surface area contributed by atoms with Gasteiger partial charge in [-0.2, -0.15) is 0 Å². The monoisotopic (exact) mass is 294 g/mol. The molecule has 0 saturated heterocycles. The number of aryl methyl sites for hydroxylation is 1. The Bertz CT molecular complexity index is 646. The fourth-order valence-corrected chi connectivity index (χ4v) is 3.15. The van der Waals surface area contributed by atoms with Gasteiger partial charge in [0.25, 0.3) is 0 Å². The number of ketones is 1. The van der Waals surface area contributed by atoms with E-state index in [1.165, 1.54) is 0 Å². The Morgan fingerprint density at radius 2 is 1.95 bits per heavy atom. The van der Waals surface area contributed by atoms with E-state index in [2.05, 4.69) is 19.1 Å². The minimum atomic E-state index is 0.216. The maximum atomic E-state index is 12.5. The first kappa shape index (κ1) is 14.8. The van der Waals surface area contributed by atoms with Gasteiger partial charge in [0.05, 0.1) is 0 Å². The average Bonchev–Trinajstić information content (AvgIpc) is 2.56. The molecule has 0 bridgehead atoms. The summed E-state index contributed by atoms with van der Waals surface area (Å²) >= 11 is 0. The summed E-state index contributed by atoms with van der Waals surface area (Å²) in [7, 11) is 0. The summed E-state index contributed by atoms with van der Waals surface area (Å²) in [6.07, 6.45) is 4.03. The summed E-state index contributed by atoms with van der Waals surface area (Å²) in [5, 5.41) is 0. The summed E-state index contributed by atoms with van der Waals surface area (Å²) in [5.74, 6) is 1.38. The zero-order chi connectivity index (χ0) is 15.4. The van der Waals surface area contributed by atoms with Crippen molar-refractivity contribution in [2.45, 2.75) is 39.2 Å². The normalized spacial score (nSPS) is 17.1. The molecule has 2 nitrogen and oxygen atoms in total. The van der Waals surface area contributed by atoms with Crippen molar-refractivity contribution in [1.29, 1.82) is 0 Å². The molecule has 0 amide bonds. The number of carbonyl (C=O) groups excluding carboxylic acids is 1. The van der Waals surface area contributed by atoms with Crippen LogP contribution in [0.3, 0.4) is 0 Å². The second-order valence-corrected chi connectivity index (χ2v) is 5.98. The Labute approximate surface area is 132 Å². The van der Waals surface area contributed by atoms with E-state index in [-0.39, 0.29) is 5.92 Å². The molecule has 0 heterocycles. The van der Waals surface area contributed by atoms with E-state index in [0.29, 0.717) is 12.4 Å². The van der Waals surface area contributed by atoms with E-state index in [1.54, 1.807) is 0 Å². The smallest absolute Gasteiger partial charge is 0.166 e. The number of ether oxygens (including phenoxy) is 1. The molecule has 0 fully saturated rings. The third-order valence-corrected chi connectivity index (χ3v) is 4.36. The first-order chi connectivity index (χ1) is 10.8. The topological polar surface area (TPSA) is 26.3 Å². The predicted molar refractivity (Wildman–Crippen MR) is 88.3 cm³/mol. The number of carbonyl (C=O) groups is 1. The van der Waals surface area contributed by atoms with Crippen molar-refractivity contribution in [3.8, 4) is 5.75 Å². The molecule has 114 valence electrons. The number of hydrogen-bond donors (Lipinski definition) is 0. The number of Topliss-reactive ketones (excluding diaryl/α,β-unsaturated/α-hetero) is 1. The van der Waals surface area contributed by atoms with Gasteiger partial charge in [0.1, 0.15) is 12.4 Å². The van der Waals surface area contributed by atoms with Crippen LogP contribution in [0.2, 0.25) is 0 Å². The van der Waals surface area contributed by atoms with Gasteiger partial charge in [-0.1, -0.05) is 43.7 Å². The standard InChI is InChI=1S/C20H22O2/c1-2-6-16-9-10-17-13-18(11-12-19(17)20(16)21)22-14-15-7-4-3-5-8-15/h3-5,7-8,11-13,16H,2,6,9-10,14H2,1H3. The molecular formula is C20H22O2. The van der Waals surface area contributed by atoms with Crippen molar-refractivity contribution in [3.63, 3.8) is 0 Å². The van der Waals surface area contributed by atoms with E-state index in [0.717, 1.165) is 48.1 Å². The lowest BCUT2D eigenvalue weighted by atomic mass is 9.80. The first-order valence-corrected chi connectivity index (χ1v) is 8.12. The molecule has 2 aromatic rings. The maximum Gasteiger partial charge on any atom is 0.166 e. The molecule has 1 atom stereocenters. The second kappa shape index (κ2) is 6.78. The van der Waals surface area contributed by atoms with Crippen molar-refractivity contribution < 1.29 is 9.53 Å². The largest absolute Gasteiger partial charge is 0.489 e. The number of benzene rings is 2. The van der Waals surface area contributed by atoms with E-state index in [4.69, 9.17) is 4.74 Å². The summed E-state index contributed by atoms with van der Waals surface area (Å²) in [5.41, 5.74) is 3.19. The molecule has 0 aliphatic heterocycles. The Morgan fingerprint density at radius 3 is 2.73 bits per heavy atom. The number of fused-ring (bicyclic) bond motifs is 1. The van der Waals surface area contributed by atoms with E-state index >= 15 is 0 Å². The van der Waals surface area contributed by atoms with Crippen molar-refractivity contribution in [2.75, 3.05) is 0 Å². The lowest BCUT2D eigenvalue weighted by Gasteiger charge is -2.23. The lowest BCUT2D eigenvalue weighted by molar-refractivity contribution is 0.0894. The van der Waals surface area contributed by atoms with Gasteiger partial charge in [-0.25, -0.2) is 0 Å². The highest BCUT2D eigenvalue weighted by atomic mass is 16.5.